The van der Waals surface area contributed by atoms with E-state index in [0.29, 0.717) is 16.1 Å². The molecule has 0 saturated heterocycles. The number of aliphatic carboxylic acids is 1. The van der Waals surface area contributed by atoms with Crippen LogP contribution in [0.5, 0.6) is 0 Å². The van der Waals surface area contributed by atoms with Crippen molar-refractivity contribution in [2.75, 3.05) is 19.4 Å². The first-order chi connectivity index (χ1) is 11.3. The summed E-state index contributed by atoms with van der Waals surface area (Å²) in [4.78, 5) is 34.2. The van der Waals surface area contributed by atoms with E-state index in [1.807, 2.05) is 5.38 Å². The van der Waals surface area contributed by atoms with Crippen molar-refractivity contribution in [2.45, 2.75) is 6.42 Å². The molecule has 128 valence electrons. The fourth-order valence-corrected chi connectivity index (χ4v) is 2.16. The molecule has 8 heteroatoms. The van der Waals surface area contributed by atoms with Crippen LogP contribution < -0.4 is 11.1 Å². The molecule has 3 amide bonds. The molecule has 24 heavy (non-hydrogen) atoms. The summed E-state index contributed by atoms with van der Waals surface area (Å²) < 4.78 is 0. The number of hydrogen-bond acceptors (Lipinski definition) is 4. The molecule has 0 bridgehead atoms. The van der Waals surface area contributed by atoms with E-state index in [4.69, 9.17) is 10.8 Å². The number of primary amides is 1. The predicted molar refractivity (Wildman–Crippen MR) is 93.3 cm³/mol. The standard InChI is InChI=1S/C11H14N2O3.C5H5NOS/c1-13(2)11(16)12-9-5-3-4-8(6-9)7-10(14)15;6-5(7)4-2-1-3-8-4/h3-6H,7H2,1-2H3,(H,12,16)(H,14,15);1-3H,(H2,6,7). The van der Waals surface area contributed by atoms with E-state index in [1.165, 1.54) is 16.2 Å². The minimum atomic E-state index is -0.893. The second kappa shape index (κ2) is 9.31. The first kappa shape index (κ1) is 19.2. The lowest BCUT2D eigenvalue weighted by Gasteiger charge is -2.12. The van der Waals surface area contributed by atoms with Crippen LogP contribution in [0.2, 0.25) is 0 Å². The van der Waals surface area contributed by atoms with E-state index in [9.17, 15) is 14.4 Å². The molecule has 0 atom stereocenters. The van der Waals surface area contributed by atoms with Gasteiger partial charge in [0, 0.05) is 19.8 Å². The topological polar surface area (TPSA) is 113 Å². The molecule has 7 nitrogen and oxygen atoms in total. The first-order valence-corrected chi connectivity index (χ1v) is 7.80. The van der Waals surface area contributed by atoms with Crippen LogP contribution in [-0.4, -0.2) is 42.0 Å². The number of rotatable bonds is 4. The molecule has 0 aliphatic heterocycles. The van der Waals surface area contributed by atoms with Crippen molar-refractivity contribution in [3.8, 4) is 0 Å². The molecule has 1 aromatic carbocycles. The van der Waals surface area contributed by atoms with Gasteiger partial charge in [-0.1, -0.05) is 18.2 Å². The maximum atomic E-state index is 11.3. The summed E-state index contributed by atoms with van der Waals surface area (Å²) in [6, 6.07) is 10.0. The van der Waals surface area contributed by atoms with Crippen molar-refractivity contribution in [1.82, 2.24) is 4.90 Å². The van der Waals surface area contributed by atoms with E-state index in [2.05, 4.69) is 5.32 Å². The molecule has 4 N–H and O–H groups in total. The summed E-state index contributed by atoms with van der Waals surface area (Å²) >= 11 is 1.36. The third-order valence-corrected chi connectivity index (χ3v) is 3.59. The van der Waals surface area contributed by atoms with Crippen molar-refractivity contribution in [3.63, 3.8) is 0 Å². The Balaban J connectivity index is 0.000000300. The van der Waals surface area contributed by atoms with Crippen LogP contribution in [-0.2, 0) is 11.2 Å². The van der Waals surface area contributed by atoms with Gasteiger partial charge in [-0.05, 0) is 29.1 Å². The van der Waals surface area contributed by atoms with E-state index in [0.717, 1.165) is 0 Å². The van der Waals surface area contributed by atoms with Gasteiger partial charge >= 0.3 is 12.0 Å². The number of anilines is 1. The van der Waals surface area contributed by atoms with Crippen molar-refractivity contribution in [2.24, 2.45) is 5.73 Å². The number of thiophene rings is 1. The first-order valence-electron chi connectivity index (χ1n) is 6.92. The highest BCUT2D eigenvalue weighted by Crippen LogP contribution is 2.11. The smallest absolute Gasteiger partial charge is 0.321 e. The highest BCUT2D eigenvalue weighted by molar-refractivity contribution is 7.12. The van der Waals surface area contributed by atoms with Gasteiger partial charge in [-0.2, -0.15) is 0 Å². The summed E-state index contributed by atoms with van der Waals surface area (Å²) in [5, 5.41) is 13.1. The van der Waals surface area contributed by atoms with Crippen LogP contribution in [0.15, 0.2) is 41.8 Å². The Morgan fingerprint density at radius 2 is 1.92 bits per heavy atom. The molecule has 0 aliphatic rings. The van der Waals surface area contributed by atoms with Gasteiger partial charge in [-0.3, -0.25) is 9.59 Å². The van der Waals surface area contributed by atoms with Gasteiger partial charge in [0.1, 0.15) is 0 Å². The normalized spacial score (nSPS) is 9.42. The largest absolute Gasteiger partial charge is 0.481 e. The van der Waals surface area contributed by atoms with E-state index >= 15 is 0 Å². The van der Waals surface area contributed by atoms with E-state index < -0.39 is 5.97 Å². The number of carbonyl (C=O) groups excluding carboxylic acids is 2. The number of hydrogen-bond donors (Lipinski definition) is 3. The molecular weight excluding hydrogens is 330 g/mol. The third-order valence-electron chi connectivity index (χ3n) is 2.70. The Hall–Kier alpha value is -2.87. The van der Waals surface area contributed by atoms with Gasteiger partial charge in [0.05, 0.1) is 11.3 Å². The molecule has 0 aliphatic carbocycles. The number of carboxylic acids is 1. The van der Waals surface area contributed by atoms with Gasteiger partial charge < -0.3 is 21.1 Å². The van der Waals surface area contributed by atoms with E-state index in [1.54, 1.807) is 50.5 Å². The fraction of sp³-hybridized carbons (Fsp3) is 0.188. The zero-order valence-corrected chi connectivity index (χ0v) is 14.2. The summed E-state index contributed by atoms with van der Waals surface area (Å²) in [5.74, 6) is -1.24. The Morgan fingerprint density at radius 3 is 2.38 bits per heavy atom. The van der Waals surface area contributed by atoms with Crippen molar-refractivity contribution >= 4 is 34.9 Å². The van der Waals surface area contributed by atoms with Crippen molar-refractivity contribution < 1.29 is 19.5 Å². The summed E-state index contributed by atoms with van der Waals surface area (Å²) in [7, 11) is 3.27. The van der Waals surface area contributed by atoms with Crippen LogP contribution in [0.4, 0.5) is 10.5 Å². The molecule has 1 heterocycles. The lowest BCUT2D eigenvalue weighted by molar-refractivity contribution is -0.136. The molecule has 2 rings (SSSR count). The minimum Gasteiger partial charge on any atom is -0.481 e. The Morgan fingerprint density at radius 1 is 1.21 bits per heavy atom. The molecule has 0 fully saturated rings. The van der Waals surface area contributed by atoms with Crippen LogP contribution in [0.1, 0.15) is 15.2 Å². The second-order valence-electron chi connectivity index (χ2n) is 4.94. The van der Waals surface area contributed by atoms with Crippen molar-refractivity contribution in [1.29, 1.82) is 0 Å². The lowest BCUT2D eigenvalue weighted by Crippen LogP contribution is -2.27. The molecule has 1 aromatic heterocycles. The Bertz CT molecular complexity index is 699. The fourth-order valence-electron chi connectivity index (χ4n) is 1.59. The average Bonchev–Trinajstić information content (AvgIpc) is 3.02. The second-order valence-corrected chi connectivity index (χ2v) is 5.88. The number of nitrogens with one attached hydrogen (secondary N) is 1. The van der Waals surface area contributed by atoms with Gasteiger partial charge in [-0.15, -0.1) is 11.3 Å². The summed E-state index contributed by atoms with van der Waals surface area (Å²) in [5.41, 5.74) is 6.18. The Kier molecular flexibility index (Phi) is 7.44. The summed E-state index contributed by atoms with van der Waals surface area (Å²) in [6.45, 7) is 0. The number of urea groups is 1. The number of nitrogens with zero attached hydrogens (tertiary/aromatic N) is 1. The summed E-state index contributed by atoms with van der Waals surface area (Å²) in [6.07, 6.45) is -0.0499. The van der Waals surface area contributed by atoms with Crippen LogP contribution in [0.25, 0.3) is 0 Å². The number of carboxylic acid groups (broad SMARTS) is 1. The maximum absolute atomic E-state index is 11.3. The van der Waals surface area contributed by atoms with Crippen LogP contribution in [0.3, 0.4) is 0 Å². The van der Waals surface area contributed by atoms with Gasteiger partial charge in [0.2, 0.25) is 0 Å². The van der Waals surface area contributed by atoms with E-state index in [-0.39, 0.29) is 18.4 Å². The van der Waals surface area contributed by atoms with Gasteiger partial charge in [-0.25, -0.2) is 4.79 Å². The SMILES string of the molecule is CN(C)C(=O)Nc1cccc(CC(=O)O)c1.NC(=O)c1cccs1. The predicted octanol–water partition coefficient (Wildman–Crippen LogP) is 2.25. The monoisotopic (exact) mass is 349 g/mol. The quantitative estimate of drug-likeness (QED) is 0.785. The zero-order valence-electron chi connectivity index (χ0n) is 13.4. The number of benzene rings is 1. The molecular formula is C16H19N3O4S. The molecule has 2 aromatic rings. The zero-order chi connectivity index (χ0) is 18.1. The highest BCUT2D eigenvalue weighted by Gasteiger charge is 2.05. The number of nitrogens with two attached hydrogens (primary N) is 1. The van der Waals surface area contributed by atoms with Crippen LogP contribution in [0, 0.1) is 0 Å². The van der Waals surface area contributed by atoms with Gasteiger partial charge in [0.25, 0.3) is 5.91 Å². The maximum Gasteiger partial charge on any atom is 0.321 e. The van der Waals surface area contributed by atoms with Gasteiger partial charge in [0.15, 0.2) is 0 Å². The number of amides is 3. The van der Waals surface area contributed by atoms with Crippen molar-refractivity contribution in [3.05, 3.63) is 52.2 Å². The Labute approximate surface area is 143 Å². The van der Waals surface area contributed by atoms with Crippen LogP contribution >= 0.6 is 11.3 Å². The third kappa shape index (κ3) is 6.93. The lowest BCUT2D eigenvalue weighted by atomic mass is 10.1. The minimum absolute atomic E-state index is 0.0499. The number of carbonyl (C=O) groups is 3. The highest BCUT2D eigenvalue weighted by atomic mass is 32.1. The molecule has 0 radical (unpaired) electrons. The molecule has 0 spiro atoms. The average molecular weight is 349 g/mol. The molecule has 0 unspecified atom stereocenters. The molecule has 0 saturated carbocycles.